The second-order valence-electron chi connectivity index (χ2n) is 8.60. The number of fused-ring (bicyclic) bond motifs is 4. The first-order valence-corrected chi connectivity index (χ1v) is 13.0. The summed E-state index contributed by atoms with van der Waals surface area (Å²) >= 11 is 7.74. The molecule has 0 unspecified atom stereocenters. The zero-order valence-corrected chi connectivity index (χ0v) is 21.1. The highest BCUT2D eigenvalue weighted by atomic mass is 35.5. The van der Waals surface area contributed by atoms with Gasteiger partial charge in [-0.2, -0.15) is 0 Å². The predicted molar refractivity (Wildman–Crippen MR) is 142 cm³/mol. The van der Waals surface area contributed by atoms with Gasteiger partial charge in [0.15, 0.2) is 16.7 Å². The van der Waals surface area contributed by atoms with Gasteiger partial charge in [0.05, 0.1) is 12.1 Å². The number of hydrogen-bond acceptors (Lipinski definition) is 7. The van der Waals surface area contributed by atoms with Gasteiger partial charge >= 0.3 is 0 Å². The van der Waals surface area contributed by atoms with Crippen LogP contribution in [0, 0.1) is 0 Å². The number of carbonyl (C=O) groups excluding carboxylic acids is 2. The quantitative estimate of drug-likeness (QED) is 0.498. The fraction of sp³-hybridized carbons (Fsp3) is 0.185. The van der Waals surface area contributed by atoms with Crippen molar-refractivity contribution in [3.8, 4) is 11.5 Å². The van der Waals surface area contributed by atoms with Gasteiger partial charge in [0.1, 0.15) is 11.9 Å². The van der Waals surface area contributed by atoms with Crippen molar-refractivity contribution >= 4 is 51.9 Å². The van der Waals surface area contributed by atoms with E-state index >= 15 is 0 Å². The molecule has 2 amide bonds. The lowest BCUT2D eigenvalue weighted by Gasteiger charge is -2.25. The minimum absolute atomic E-state index is 0.0615. The molecular formula is C27H21ClN4O4S. The fourth-order valence-electron chi connectivity index (χ4n) is 4.29. The van der Waals surface area contributed by atoms with E-state index in [-0.39, 0.29) is 25.0 Å². The van der Waals surface area contributed by atoms with Crippen molar-refractivity contribution in [1.82, 2.24) is 10.2 Å². The molecule has 0 aromatic heterocycles. The van der Waals surface area contributed by atoms with Gasteiger partial charge < -0.3 is 14.8 Å². The molecule has 0 radical (unpaired) electrons. The number of halogens is 1. The molecular weight excluding hydrogens is 512 g/mol. The number of aliphatic imine (C=N–C) groups is 2. The van der Waals surface area contributed by atoms with E-state index in [0.717, 1.165) is 22.4 Å². The number of benzene rings is 3. The number of hydrogen-bond donors (Lipinski definition) is 1. The molecule has 3 aromatic rings. The zero-order chi connectivity index (χ0) is 25.4. The van der Waals surface area contributed by atoms with Gasteiger partial charge in [0.2, 0.25) is 12.7 Å². The number of para-hydroxylation sites is 1. The van der Waals surface area contributed by atoms with E-state index < -0.39 is 6.04 Å². The SMILES string of the molecule is O=C(C[C@@H]1N=C2c3ccccc3N=C(SCc3ccccc3Cl)N2C1=O)NCc1ccc2c(c1)OCO2. The lowest BCUT2D eigenvalue weighted by Crippen LogP contribution is -2.42. The number of amidine groups is 2. The zero-order valence-electron chi connectivity index (χ0n) is 19.5. The second-order valence-corrected chi connectivity index (χ2v) is 9.95. The largest absolute Gasteiger partial charge is 0.454 e. The van der Waals surface area contributed by atoms with Crippen LogP contribution in [0.3, 0.4) is 0 Å². The Labute approximate surface area is 222 Å². The van der Waals surface area contributed by atoms with Gasteiger partial charge in [-0.1, -0.05) is 59.8 Å². The van der Waals surface area contributed by atoms with Gasteiger partial charge in [-0.3, -0.25) is 14.6 Å². The summed E-state index contributed by atoms with van der Waals surface area (Å²) in [4.78, 5) is 37.2. The summed E-state index contributed by atoms with van der Waals surface area (Å²) in [5, 5.41) is 4.05. The van der Waals surface area contributed by atoms with Crippen LogP contribution in [0.1, 0.15) is 23.1 Å². The number of nitrogens with zero attached hydrogens (tertiary/aromatic N) is 3. The molecule has 0 fully saturated rings. The third-order valence-corrected chi connectivity index (χ3v) is 7.52. The van der Waals surface area contributed by atoms with Gasteiger partial charge in [-0.05, 0) is 41.5 Å². The van der Waals surface area contributed by atoms with E-state index in [0.29, 0.717) is 39.8 Å². The highest BCUT2D eigenvalue weighted by Gasteiger charge is 2.42. The Morgan fingerprint density at radius 2 is 1.89 bits per heavy atom. The average molecular weight is 533 g/mol. The maximum Gasteiger partial charge on any atom is 0.259 e. The number of amides is 2. The van der Waals surface area contributed by atoms with Crippen LogP contribution in [0.25, 0.3) is 0 Å². The minimum Gasteiger partial charge on any atom is -0.454 e. The summed E-state index contributed by atoms with van der Waals surface area (Å²) in [6, 6.07) is 19.8. The van der Waals surface area contributed by atoms with Gasteiger partial charge in [0.25, 0.3) is 5.91 Å². The molecule has 0 bridgehead atoms. The number of rotatable bonds is 6. The molecule has 1 N–H and O–H groups in total. The summed E-state index contributed by atoms with van der Waals surface area (Å²) in [6.07, 6.45) is -0.0615. The lowest BCUT2D eigenvalue weighted by molar-refractivity contribution is -0.128. The van der Waals surface area contributed by atoms with E-state index in [1.54, 1.807) is 0 Å². The Kier molecular flexibility index (Phi) is 6.31. The van der Waals surface area contributed by atoms with Crippen molar-refractivity contribution in [3.05, 3.63) is 88.4 Å². The number of carbonyl (C=O) groups is 2. The van der Waals surface area contributed by atoms with Crippen molar-refractivity contribution < 1.29 is 19.1 Å². The molecule has 10 heteroatoms. The predicted octanol–water partition coefficient (Wildman–Crippen LogP) is 4.67. The van der Waals surface area contributed by atoms with Crippen molar-refractivity contribution in [2.24, 2.45) is 9.98 Å². The van der Waals surface area contributed by atoms with Crippen LogP contribution in [0.15, 0.2) is 76.7 Å². The number of nitrogens with one attached hydrogen (secondary N) is 1. The first kappa shape index (κ1) is 23.6. The fourth-order valence-corrected chi connectivity index (χ4v) is 5.58. The summed E-state index contributed by atoms with van der Waals surface area (Å²) in [5.74, 6) is 1.86. The molecule has 3 aromatic carbocycles. The molecule has 0 saturated carbocycles. The molecule has 186 valence electrons. The van der Waals surface area contributed by atoms with Gasteiger partial charge in [0, 0.05) is 22.9 Å². The van der Waals surface area contributed by atoms with E-state index in [9.17, 15) is 9.59 Å². The number of ether oxygens (including phenoxy) is 2. The van der Waals surface area contributed by atoms with Crippen LogP contribution in [0.2, 0.25) is 5.02 Å². The van der Waals surface area contributed by atoms with Gasteiger partial charge in [-0.15, -0.1) is 0 Å². The van der Waals surface area contributed by atoms with Crippen LogP contribution >= 0.6 is 23.4 Å². The molecule has 6 rings (SSSR count). The normalized spacial score (nSPS) is 17.2. The molecule has 0 saturated heterocycles. The molecule has 3 aliphatic rings. The standard InChI is InChI=1S/C27H21ClN4O4S/c28-19-7-3-1-5-17(19)14-37-27-31-20-8-4-2-6-18(20)25-30-21(26(34)32(25)27)12-24(33)29-13-16-9-10-22-23(11-16)36-15-35-22/h1-11,21H,12-15H2,(H,29,33)/t21-/m0/s1. The van der Waals surface area contributed by atoms with Crippen molar-refractivity contribution in [3.63, 3.8) is 0 Å². The smallest absolute Gasteiger partial charge is 0.259 e. The third kappa shape index (κ3) is 4.68. The van der Waals surface area contributed by atoms with Crippen LogP contribution in [-0.2, 0) is 21.9 Å². The van der Waals surface area contributed by atoms with E-state index in [2.05, 4.69) is 10.3 Å². The van der Waals surface area contributed by atoms with E-state index in [4.69, 9.17) is 26.1 Å². The van der Waals surface area contributed by atoms with E-state index in [1.165, 1.54) is 16.7 Å². The highest BCUT2D eigenvalue weighted by Crippen LogP contribution is 2.36. The molecule has 1 atom stereocenters. The molecule has 0 spiro atoms. The summed E-state index contributed by atoms with van der Waals surface area (Å²) in [5.41, 5.74) is 3.32. The van der Waals surface area contributed by atoms with Crippen molar-refractivity contribution in [1.29, 1.82) is 0 Å². The Bertz CT molecular complexity index is 1470. The molecule has 37 heavy (non-hydrogen) atoms. The maximum absolute atomic E-state index is 13.5. The lowest BCUT2D eigenvalue weighted by atomic mass is 10.1. The van der Waals surface area contributed by atoms with Gasteiger partial charge in [-0.25, -0.2) is 9.89 Å². The minimum atomic E-state index is -0.830. The van der Waals surface area contributed by atoms with Crippen LogP contribution in [-0.4, -0.2) is 40.6 Å². The second kappa shape index (κ2) is 9.91. The monoisotopic (exact) mass is 532 g/mol. The maximum atomic E-state index is 13.5. The summed E-state index contributed by atoms with van der Waals surface area (Å²) in [7, 11) is 0. The van der Waals surface area contributed by atoms with Crippen molar-refractivity contribution in [2.75, 3.05) is 6.79 Å². The Hall–Kier alpha value is -3.82. The van der Waals surface area contributed by atoms with Crippen LogP contribution < -0.4 is 14.8 Å². The van der Waals surface area contributed by atoms with E-state index in [1.807, 2.05) is 66.7 Å². The first-order chi connectivity index (χ1) is 18.1. The highest BCUT2D eigenvalue weighted by molar-refractivity contribution is 8.13. The Morgan fingerprint density at radius 1 is 1.08 bits per heavy atom. The van der Waals surface area contributed by atoms with Crippen molar-refractivity contribution in [2.45, 2.75) is 24.8 Å². The third-order valence-electron chi connectivity index (χ3n) is 6.17. The molecule has 3 aliphatic heterocycles. The van der Waals surface area contributed by atoms with Crippen LogP contribution in [0.5, 0.6) is 11.5 Å². The van der Waals surface area contributed by atoms with Crippen LogP contribution in [0.4, 0.5) is 5.69 Å². The topological polar surface area (TPSA) is 92.6 Å². The summed E-state index contributed by atoms with van der Waals surface area (Å²) in [6.45, 7) is 0.497. The molecule has 8 nitrogen and oxygen atoms in total. The average Bonchev–Trinajstić information content (AvgIpc) is 3.51. The number of thioether (sulfide) groups is 1. The Morgan fingerprint density at radius 3 is 2.78 bits per heavy atom. The molecule has 0 aliphatic carbocycles. The Balaban J connectivity index is 1.17. The molecule has 3 heterocycles. The first-order valence-electron chi connectivity index (χ1n) is 11.7. The summed E-state index contributed by atoms with van der Waals surface area (Å²) < 4.78 is 10.7.